The first-order valence-electron chi connectivity index (χ1n) is 7.81. The number of rotatable bonds is 6. The van der Waals surface area contributed by atoms with Crippen molar-refractivity contribution in [2.75, 3.05) is 7.11 Å². The summed E-state index contributed by atoms with van der Waals surface area (Å²) in [6.45, 7) is 3.74. The van der Waals surface area contributed by atoms with E-state index in [0.29, 0.717) is 12.0 Å². The highest BCUT2D eigenvalue weighted by Crippen LogP contribution is 2.20. The van der Waals surface area contributed by atoms with Crippen LogP contribution in [0.15, 0.2) is 70.7 Å². The van der Waals surface area contributed by atoms with Crippen LogP contribution < -0.4 is 10.2 Å². The quantitative estimate of drug-likeness (QED) is 0.422. The van der Waals surface area contributed by atoms with Crippen LogP contribution in [0, 0.1) is 0 Å². The van der Waals surface area contributed by atoms with E-state index >= 15 is 0 Å². The van der Waals surface area contributed by atoms with E-state index in [1.807, 2.05) is 48.5 Å². The molecule has 0 radical (unpaired) electrons. The van der Waals surface area contributed by atoms with E-state index in [1.54, 1.807) is 19.4 Å². The highest BCUT2D eigenvalue weighted by Gasteiger charge is 2.11. The second-order valence-electron chi connectivity index (χ2n) is 5.41. The van der Waals surface area contributed by atoms with Gasteiger partial charge in [0.15, 0.2) is 5.76 Å². The molecule has 0 fully saturated rings. The van der Waals surface area contributed by atoms with Gasteiger partial charge in [0, 0.05) is 5.39 Å². The number of hydrogen-bond donors (Lipinski definition) is 1. The van der Waals surface area contributed by atoms with E-state index in [9.17, 15) is 4.79 Å². The van der Waals surface area contributed by atoms with Crippen molar-refractivity contribution in [2.24, 2.45) is 5.10 Å². The Morgan fingerprint density at radius 3 is 2.88 bits per heavy atom. The molecule has 0 saturated heterocycles. The normalized spacial score (nSPS) is 10.9. The Bertz CT molecular complexity index is 908. The van der Waals surface area contributed by atoms with Crippen LogP contribution in [0.2, 0.25) is 0 Å². The molecule has 3 aromatic rings. The van der Waals surface area contributed by atoms with Gasteiger partial charge in [0.2, 0.25) is 0 Å². The van der Waals surface area contributed by atoms with Crippen molar-refractivity contribution in [3.8, 4) is 5.75 Å². The molecule has 0 atom stereocenters. The second kappa shape index (κ2) is 7.49. The zero-order chi connectivity index (χ0) is 17.6. The van der Waals surface area contributed by atoms with Crippen LogP contribution in [0.1, 0.15) is 21.7 Å². The molecule has 5 heteroatoms. The molecule has 0 spiro atoms. The Hall–Kier alpha value is -3.34. The molecule has 2 aromatic carbocycles. The number of allylic oxidation sites excluding steroid dienone is 1. The van der Waals surface area contributed by atoms with Gasteiger partial charge in [0.05, 0.1) is 13.3 Å². The minimum absolute atomic E-state index is 0.223. The minimum Gasteiger partial charge on any atom is -0.496 e. The molecule has 1 amide bonds. The first-order chi connectivity index (χ1) is 12.2. The van der Waals surface area contributed by atoms with Crippen LogP contribution in [0.3, 0.4) is 0 Å². The maximum Gasteiger partial charge on any atom is 0.307 e. The number of methoxy groups -OCH3 is 1. The van der Waals surface area contributed by atoms with Gasteiger partial charge in [-0.05, 0) is 47.9 Å². The maximum atomic E-state index is 12.1. The lowest BCUT2D eigenvalue weighted by molar-refractivity contribution is 0.0929. The molecule has 1 N–H and O–H groups in total. The number of fused-ring (bicyclic) bond motifs is 1. The number of benzene rings is 2. The fourth-order valence-corrected chi connectivity index (χ4v) is 2.51. The maximum absolute atomic E-state index is 12.1. The molecule has 126 valence electrons. The third-order valence-electron chi connectivity index (χ3n) is 3.70. The Morgan fingerprint density at radius 2 is 2.12 bits per heavy atom. The summed E-state index contributed by atoms with van der Waals surface area (Å²) in [5.74, 6) is 0.621. The van der Waals surface area contributed by atoms with E-state index in [4.69, 9.17) is 9.15 Å². The van der Waals surface area contributed by atoms with E-state index in [1.165, 1.54) is 0 Å². The summed E-state index contributed by atoms with van der Waals surface area (Å²) in [5, 5.41) is 4.87. The molecule has 3 rings (SSSR count). The minimum atomic E-state index is -0.396. The lowest BCUT2D eigenvalue weighted by Gasteiger charge is -2.07. The number of hydrazone groups is 1. The number of nitrogens with zero attached hydrogens (tertiary/aromatic N) is 1. The second-order valence-corrected chi connectivity index (χ2v) is 5.41. The van der Waals surface area contributed by atoms with E-state index < -0.39 is 5.91 Å². The third kappa shape index (κ3) is 3.77. The summed E-state index contributed by atoms with van der Waals surface area (Å²) in [6.07, 6.45) is 4.07. The van der Waals surface area contributed by atoms with Crippen LogP contribution in [0.25, 0.3) is 11.0 Å². The van der Waals surface area contributed by atoms with E-state index in [2.05, 4.69) is 17.1 Å². The zero-order valence-corrected chi connectivity index (χ0v) is 13.9. The first-order valence-corrected chi connectivity index (χ1v) is 7.81. The highest BCUT2D eigenvalue weighted by molar-refractivity contribution is 5.96. The van der Waals surface area contributed by atoms with Crippen molar-refractivity contribution in [3.05, 3.63) is 78.1 Å². The molecule has 0 aliphatic carbocycles. The summed E-state index contributed by atoms with van der Waals surface area (Å²) in [6, 6.07) is 14.8. The van der Waals surface area contributed by atoms with Gasteiger partial charge in [-0.15, -0.1) is 6.58 Å². The van der Waals surface area contributed by atoms with Gasteiger partial charge in [0.1, 0.15) is 11.3 Å². The average Bonchev–Trinajstić information content (AvgIpc) is 3.06. The molecule has 0 saturated carbocycles. The Balaban J connectivity index is 1.70. The highest BCUT2D eigenvalue weighted by atomic mass is 16.5. The fraction of sp³-hybridized carbons (Fsp3) is 0.100. The largest absolute Gasteiger partial charge is 0.496 e. The van der Waals surface area contributed by atoms with Crippen molar-refractivity contribution >= 4 is 23.1 Å². The molecular weight excluding hydrogens is 316 g/mol. The van der Waals surface area contributed by atoms with Crippen molar-refractivity contribution in [1.29, 1.82) is 0 Å². The predicted molar refractivity (Wildman–Crippen MR) is 98.2 cm³/mol. The molecule has 1 heterocycles. The number of para-hydroxylation sites is 1. The van der Waals surface area contributed by atoms with Gasteiger partial charge in [-0.1, -0.05) is 24.3 Å². The number of carbonyl (C=O) groups is 1. The number of carbonyl (C=O) groups excluding carboxylic acids is 1. The van der Waals surface area contributed by atoms with Crippen molar-refractivity contribution in [2.45, 2.75) is 6.42 Å². The van der Waals surface area contributed by atoms with Crippen molar-refractivity contribution in [1.82, 2.24) is 5.43 Å². The van der Waals surface area contributed by atoms with Gasteiger partial charge in [0.25, 0.3) is 0 Å². The number of nitrogens with one attached hydrogen (secondary N) is 1. The van der Waals surface area contributed by atoms with Crippen LogP contribution in [0.4, 0.5) is 0 Å². The molecule has 0 unspecified atom stereocenters. The summed E-state index contributed by atoms with van der Waals surface area (Å²) < 4.78 is 10.8. The molecule has 5 nitrogen and oxygen atoms in total. The summed E-state index contributed by atoms with van der Waals surface area (Å²) in [4.78, 5) is 12.1. The lowest BCUT2D eigenvalue weighted by atomic mass is 10.1. The van der Waals surface area contributed by atoms with Gasteiger partial charge < -0.3 is 9.15 Å². The third-order valence-corrected chi connectivity index (χ3v) is 3.70. The number of furan rings is 1. The predicted octanol–water partition coefficient (Wildman–Crippen LogP) is 3.93. The monoisotopic (exact) mass is 334 g/mol. The lowest BCUT2D eigenvalue weighted by Crippen LogP contribution is -2.16. The van der Waals surface area contributed by atoms with Gasteiger partial charge in [-0.3, -0.25) is 4.79 Å². The SMILES string of the molecule is C=CCc1cc(/C=N/NC(=O)c2cc3ccccc3o2)ccc1OC. The molecule has 25 heavy (non-hydrogen) atoms. The zero-order valence-electron chi connectivity index (χ0n) is 13.9. The Kier molecular flexibility index (Phi) is 4.95. The molecule has 0 aliphatic rings. The summed E-state index contributed by atoms with van der Waals surface area (Å²) in [5.41, 5.74) is 5.00. The average molecular weight is 334 g/mol. The Labute approximate surface area is 145 Å². The molecule has 1 aromatic heterocycles. The number of hydrogen-bond acceptors (Lipinski definition) is 4. The van der Waals surface area contributed by atoms with Crippen molar-refractivity contribution < 1.29 is 13.9 Å². The molecule has 0 bridgehead atoms. The summed E-state index contributed by atoms with van der Waals surface area (Å²) >= 11 is 0. The number of amides is 1. The van der Waals surface area contributed by atoms with Gasteiger partial charge in [-0.2, -0.15) is 5.10 Å². The first kappa shape index (κ1) is 16.5. The van der Waals surface area contributed by atoms with Crippen LogP contribution >= 0.6 is 0 Å². The van der Waals surface area contributed by atoms with E-state index in [-0.39, 0.29) is 5.76 Å². The standard InChI is InChI=1S/C20H18N2O3/c1-3-6-15-11-14(9-10-17(15)24-2)13-21-22-20(23)19-12-16-7-4-5-8-18(16)25-19/h3-5,7-13H,1,6H2,2H3,(H,22,23)/b21-13+. The van der Waals surface area contributed by atoms with Gasteiger partial charge >= 0.3 is 5.91 Å². The van der Waals surface area contributed by atoms with Gasteiger partial charge in [-0.25, -0.2) is 5.43 Å². The molecular formula is C20H18N2O3. The van der Waals surface area contributed by atoms with Crippen LogP contribution in [-0.4, -0.2) is 19.2 Å². The molecule has 0 aliphatic heterocycles. The fourth-order valence-electron chi connectivity index (χ4n) is 2.51. The Morgan fingerprint density at radius 1 is 1.28 bits per heavy atom. The van der Waals surface area contributed by atoms with Crippen molar-refractivity contribution in [3.63, 3.8) is 0 Å². The van der Waals surface area contributed by atoms with Crippen LogP contribution in [0.5, 0.6) is 5.75 Å². The van der Waals surface area contributed by atoms with E-state index in [0.717, 1.165) is 22.3 Å². The topological polar surface area (TPSA) is 63.8 Å². The number of ether oxygens (including phenoxy) is 1. The smallest absolute Gasteiger partial charge is 0.307 e. The summed E-state index contributed by atoms with van der Waals surface area (Å²) in [7, 11) is 1.63. The van der Waals surface area contributed by atoms with Crippen LogP contribution in [-0.2, 0) is 6.42 Å².